The van der Waals surface area contributed by atoms with E-state index < -0.39 is 0 Å². The van der Waals surface area contributed by atoms with Gasteiger partial charge in [0, 0.05) is 18.4 Å². The van der Waals surface area contributed by atoms with E-state index in [1.165, 1.54) is 0 Å². The smallest absolute Gasteiger partial charge is 0.316 e. The van der Waals surface area contributed by atoms with E-state index in [9.17, 15) is 4.79 Å². The van der Waals surface area contributed by atoms with E-state index in [1.807, 2.05) is 30.3 Å². The van der Waals surface area contributed by atoms with Gasteiger partial charge in [0.15, 0.2) is 0 Å². The number of nitrogens with one attached hydrogen (secondary N) is 1. The van der Waals surface area contributed by atoms with Gasteiger partial charge in [0.2, 0.25) is 5.91 Å². The fraction of sp³-hybridized carbons (Fsp3) is 0.450. The van der Waals surface area contributed by atoms with Crippen molar-refractivity contribution in [1.82, 2.24) is 15.3 Å². The maximum atomic E-state index is 12.7. The van der Waals surface area contributed by atoms with Gasteiger partial charge in [-0.1, -0.05) is 37.3 Å². The lowest BCUT2D eigenvalue weighted by atomic mass is 9.91. The van der Waals surface area contributed by atoms with Gasteiger partial charge >= 0.3 is 6.01 Å². The number of benzene rings is 1. The molecule has 1 heterocycles. The molecule has 0 unspecified atom stereocenters. The van der Waals surface area contributed by atoms with Crippen LogP contribution in [0.25, 0.3) is 0 Å². The molecule has 0 spiro atoms. The minimum absolute atomic E-state index is 0.0760. The van der Waals surface area contributed by atoms with Crippen LogP contribution in [0.2, 0.25) is 0 Å². The maximum absolute atomic E-state index is 12.7. The first-order valence-corrected chi connectivity index (χ1v) is 9.05. The summed E-state index contributed by atoms with van der Waals surface area (Å²) < 4.78 is 5.81. The molecule has 0 saturated heterocycles. The average molecular weight is 339 g/mol. The van der Waals surface area contributed by atoms with Gasteiger partial charge in [0.05, 0.1) is 5.92 Å². The van der Waals surface area contributed by atoms with Crippen LogP contribution in [-0.4, -0.2) is 28.0 Å². The number of ether oxygens (including phenoxy) is 1. The van der Waals surface area contributed by atoms with Crippen LogP contribution in [0.3, 0.4) is 0 Å². The molecule has 1 atom stereocenters. The van der Waals surface area contributed by atoms with Crippen molar-refractivity contribution in [3.63, 3.8) is 0 Å². The van der Waals surface area contributed by atoms with Crippen LogP contribution in [0.5, 0.6) is 6.01 Å². The molecule has 1 aliphatic rings. The van der Waals surface area contributed by atoms with Crippen LogP contribution in [0.1, 0.15) is 50.5 Å². The first-order chi connectivity index (χ1) is 12.3. The largest absolute Gasteiger partial charge is 0.460 e. The minimum atomic E-state index is -0.0760. The van der Waals surface area contributed by atoms with E-state index in [2.05, 4.69) is 22.2 Å². The van der Waals surface area contributed by atoms with E-state index in [4.69, 9.17) is 4.74 Å². The quantitative estimate of drug-likeness (QED) is 0.875. The molecular weight excluding hydrogens is 314 g/mol. The average Bonchev–Trinajstić information content (AvgIpc) is 2.66. The van der Waals surface area contributed by atoms with Crippen LogP contribution in [0.15, 0.2) is 48.8 Å². The lowest BCUT2D eigenvalue weighted by molar-refractivity contribution is -0.123. The summed E-state index contributed by atoms with van der Waals surface area (Å²) >= 11 is 0. The lowest BCUT2D eigenvalue weighted by Crippen LogP contribution is -2.41. The van der Waals surface area contributed by atoms with Crippen LogP contribution in [0.4, 0.5) is 0 Å². The van der Waals surface area contributed by atoms with Gasteiger partial charge in [-0.3, -0.25) is 4.79 Å². The van der Waals surface area contributed by atoms with E-state index in [0.29, 0.717) is 6.01 Å². The lowest BCUT2D eigenvalue weighted by Gasteiger charge is -2.30. The molecule has 132 valence electrons. The van der Waals surface area contributed by atoms with Gasteiger partial charge in [-0.05, 0) is 43.7 Å². The third-order valence-electron chi connectivity index (χ3n) is 4.76. The number of carbonyl (C=O) groups is 1. The summed E-state index contributed by atoms with van der Waals surface area (Å²) in [6.45, 7) is 2.06. The molecule has 1 aromatic carbocycles. The summed E-state index contributed by atoms with van der Waals surface area (Å²) in [6.07, 6.45) is 7.97. The Hall–Kier alpha value is -2.43. The molecule has 5 heteroatoms. The second-order valence-corrected chi connectivity index (χ2v) is 6.50. The van der Waals surface area contributed by atoms with Crippen molar-refractivity contribution in [2.24, 2.45) is 0 Å². The predicted molar refractivity (Wildman–Crippen MR) is 96.3 cm³/mol. The van der Waals surface area contributed by atoms with Crippen molar-refractivity contribution in [3.05, 3.63) is 54.4 Å². The monoisotopic (exact) mass is 339 g/mol. The molecule has 1 N–H and O–H groups in total. The number of amides is 1. The Morgan fingerprint density at radius 3 is 2.44 bits per heavy atom. The van der Waals surface area contributed by atoms with Crippen LogP contribution >= 0.6 is 0 Å². The van der Waals surface area contributed by atoms with Gasteiger partial charge in [0.25, 0.3) is 0 Å². The second kappa shape index (κ2) is 8.60. The number of carbonyl (C=O) groups excluding carboxylic acids is 1. The number of nitrogens with zero attached hydrogens (tertiary/aromatic N) is 2. The summed E-state index contributed by atoms with van der Waals surface area (Å²) in [5.41, 5.74) is 1.08. The Balaban J connectivity index is 1.49. The van der Waals surface area contributed by atoms with Crippen molar-refractivity contribution in [3.8, 4) is 6.01 Å². The third-order valence-corrected chi connectivity index (χ3v) is 4.76. The number of aromatic nitrogens is 2. The first kappa shape index (κ1) is 17.4. The number of rotatable bonds is 6. The van der Waals surface area contributed by atoms with Crippen LogP contribution in [0, 0.1) is 0 Å². The molecule has 0 bridgehead atoms. The SMILES string of the molecule is CC[C@H](C(=O)NC1CCC(Oc2ncccn2)CC1)c1ccccc1. The van der Waals surface area contributed by atoms with Gasteiger partial charge in [-0.2, -0.15) is 0 Å². The molecule has 5 nitrogen and oxygen atoms in total. The molecular formula is C20H25N3O2. The van der Waals surface area contributed by atoms with E-state index in [-0.39, 0.29) is 24.0 Å². The summed E-state index contributed by atoms with van der Waals surface area (Å²) in [4.78, 5) is 20.9. The molecule has 1 fully saturated rings. The van der Waals surface area contributed by atoms with Crippen LogP contribution < -0.4 is 10.1 Å². The minimum Gasteiger partial charge on any atom is -0.460 e. The highest BCUT2D eigenvalue weighted by atomic mass is 16.5. The molecule has 1 amide bonds. The summed E-state index contributed by atoms with van der Waals surface area (Å²) in [7, 11) is 0. The topological polar surface area (TPSA) is 64.1 Å². The summed E-state index contributed by atoms with van der Waals surface area (Å²) in [5.74, 6) is 0.0531. The Morgan fingerprint density at radius 2 is 1.80 bits per heavy atom. The van der Waals surface area contributed by atoms with Crippen molar-refractivity contribution in [2.75, 3.05) is 0 Å². The Bertz CT molecular complexity index is 655. The standard InChI is InChI=1S/C20H25N3O2/c1-2-18(15-7-4-3-5-8-15)19(24)23-16-9-11-17(12-10-16)25-20-21-13-6-14-22-20/h3-8,13-14,16-18H,2,9-12H2,1H3,(H,23,24)/t16?,17?,18-/m0/s1. The van der Waals surface area contributed by atoms with E-state index in [0.717, 1.165) is 37.7 Å². The Labute approximate surface area is 148 Å². The zero-order valence-corrected chi connectivity index (χ0v) is 14.6. The van der Waals surface area contributed by atoms with Gasteiger partial charge in [-0.15, -0.1) is 0 Å². The van der Waals surface area contributed by atoms with E-state index in [1.54, 1.807) is 18.5 Å². The molecule has 1 aliphatic carbocycles. The normalized spacial score (nSPS) is 21.3. The fourth-order valence-electron chi connectivity index (χ4n) is 3.38. The zero-order valence-electron chi connectivity index (χ0n) is 14.6. The van der Waals surface area contributed by atoms with Crippen molar-refractivity contribution in [1.29, 1.82) is 0 Å². The Kier molecular flexibility index (Phi) is 5.99. The van der Waals surface area contributed by atoms with Gasteiger partial charge in [0.1, 0.15) is 6.10 Å². The molecule has 3 rings (SSSR count). The fourth-order valence-corrected chi connectivity index (χ4v) is 3.38. The van der Waals surface area contributed by atoms with Gasteiger partial charge < -0.3 is 10.1 Å². The second-order valence-electron chi connectivity index (χ2n) is 6.50. The van der Waals surface area contributed by atoms with Crippen LogP contribution in [-0.2, 0) is 4.79 Å². The summed E-state index contributed by atoms with van der Waals surface area (Å²) in [6, 6.07) is 12.4. The molecule has 1 aromatic heterocycles. The molecule has 0 radical (unpaired) electrons. The van der Waals surface area contributed by atoms with Gasteiger partial charge in [-0.25, -0.2) is 9.97 Å². The third kappa shape index (κ3) is 4.78. The predicted octanol–water partition coefficient (Wildman–Crippen LogP) is 3.48. The number of hydrogen-bond acceptors (Lipinski definition) is 4. The molecule has 25 heavy (non-hydrogen) atoms. The highest BCUT2D eigenvalue weighted by Crippen LogP contribution is 2.24. The first-order valence-electron chi connectivity index (χ1n) is 9.05. The molecule has 0 aliphatic heterocycles. The Morgan fingerprint density at radius 1 is 1.12 bits per heavy atom. The van der Waals surface area contributed by atoms with Crippen molar-refractivity contribution in [2.45, 2.75) is 57.1 Å². The molecule has 1 saturated carbocycles. The molecule has 2 aromatic rings. The summed E-state index contributed by atoms with van der Waals surface area (Å²) in [5, 5.41) is 3.23. The van der Waals surface area contributed by atoms with E-state index >= 15 is 0 Å². The maximum Gasteiger partial charge on any atom is 0.316 e. The number of hydrogen-bond donors (Lipinski definition) is 1. The van der Waals surface area contributed by atoms with Crippen molar-refractivity contribution >= 4 is 5.91 Å². The zero-order chi connectivity index (χ0) is 17.5. The van der Waals surface area contributed by atoms with Crippen molar-refractivity contribution < 1.29 is 9.53 Å². The highest BCUT2D eigenvalue weighted by molar-refractivity contribution is 5.83. The highest BCUT2D eigenvalue weighted by Gasteiger charge is 2.26.